The number of carbonyl (C=O) groups is 1. The van der Waals surface area contributed by atoms with Gasteiger partial charge in [-0.15, -0.1) is 0 Å². The number of nitrogens with one attached hydrogen (secondary N) is 4. The number of anilines is 4. The van der Waals surface area contributed by atoms with Gasteiger partial charge < -0.3 is 20.7 Å². The first-order chi connectivity index (χ1) is 19.4. The van der Waals surface area contributed by atoms with Crippen LogP contribution in [-0.2, 0) is 9.84 Å². The van der Waals surface area contributed by atoms with Crippen LogP contribution in [0.5, 0.6) is 5.75 Å². The van der Waals surface area contributed by atoms with Crippen LogP contribution in [0, 0.1) is 6.92 Å². The number of halogens is 1. The number of ether oxygens (including phenoxy) is 1. The number of sulfone groups is 1. The maximum atomic E-state index is 12.9. The lowest BCUT2D eigenvalue weighted by Crippen LogP contribution is -2.19. The van der Waals surface area contributed by atoms with Crippen LogP contribution in [0.3, 0.4) is 0 Å². The zero-order valence-electron chi connectivity index (χ0n) is 23.5. The van der Waals surface area contributed by atoms with Crippen LogP contribution in [0.4, 0.5) is 23.1 Å². The molecule has 2 aromatic heterocycles. The summed E-state index contributed by atoms with van der Waals surface area (Å²) in [6.45, 7) is 8.87. The molecule has 0 radical (unpaired) electrons. The van der Waals surface area contributed by atoms with Crippen molar-refractivity contribution in [1.82, 2.24) is 25.5 Å². The fourth-order valence-electron chi connectivity index (χ4n) is 3.97. The third kappa shape index (κ3) is 6.60. The Hall–Kier alpha value is -4.16. The predicted molar refractivity (Wildman–Crippen MR) is 160 cm³/mol. The molecule has 0 spiro atoms. The highest BCUT2D eigenvalue weighted by molar-refractivity contribution is 7.92. The monoisotopic (exact) mass is 597 g/mol. The first-order valence-electron chi connectivity index (χ1n) is 12.9. The molecule has 0 unspecified atom stereocenters. The third-order valence-electron chi connectivity index (χ3n) is 6.01. The predicted octanol–water partition coefficient (Wildman–Crippen LogP) is 5.64. The van der Waals surface area contributed by atoms with Gasteiger partial charge in [0.2, 0.25) is 5.95 Å². The molecule has 11 nitrogen and oxygen atoms in total. The number of amides is 1. The summed E-state index contributed by atoms with van der Waals surface area (Å²) in [6.07, 6.45) is 1.21. The molecule has 41 heavy (non-hydrogen) atoms. The topological polar surface area (TPSA) is 151 Å². The number of H-pyrrole nitrogens is 1. The van der Waals surface area contributed by atoms with Gasteiger partial charge in [-0.3, -0.25) is 9.89 Å². The molecule has 2 heterocycles. The van der Waals surface area contributed by atoms with Gasteiger partial charge in [0, 0.05) is 12.6 Å². The van der Waals surface area contributed by atoms with Crippen LogP contribution in [0.2, 0.25) is 5.02 Å². The summed E-state index contributed by atoms with van der Waals surface area (Å²) in [6, 6.07) is 11.8. The minimum absolute atomic E-state index is 0.131. The normalized spacial score (nSPS) is 11.5. The summed E-state index contributed by atoms with van der Waals surface area (Å²) in [5, 5.41) is 15.5. The van der Waals surface area contributed by atoms with Crippen LogP contribution in [0.1, 0.15) is 43.7 Å². The van der Waals surface area contributed by atoms with E-state index >= 15 is 0 Å². The first kappa shape index (κ1) is 29.8. The van der Waals surface area contributed by atoms with Gasteiger partial charge in [-0.1, -0.05) is 23.7 Å². The number of aromatic amines is 1. The molecular formula is C28H32ClN7O4S. The molecule has 0 aliphatic carbocycles. The van der Waals surface area contributed by atoms with E-state index < -0.39 is 15.1 Å². The van der Waals surface area contributed by atoms with Crippen molar-refractivity contribution < 1.29 is 17.9 Å². The number of carbonyl (C=O) groups excluding carboxylic acids is 1. The second-order valence-electron chi connectivity index (χ2n) is 9.79. The molecule has 0 bridgehead atoms. The highest BCUT2D eigenvalue weighted by atomic mass is 35.5. The standard InChI is InChI=1S/C28H32ClN7O4S/c1-15(2)40-24-13-18(22-11-17(5)35-36-22)19(27(37)30-6)12-23(24)33-28-31-14-20(29)26(34-28)32-21-9-7-8-10-25(21)41(38,39)16(3)4/h7-16H,1-6H3,(H,30,37)(H,35,36)(H2,31,32,33,34). The maximum absolute atomic E-state index is 12.9. The molecule has 4 rings (SSSR count). The lowest BCUT2D eigenvalue weighted by molar-refractivity contribution is 0.0963. The number of benzene rings is 2. The molecule has 216 valence electrons. The number of aromatic nitrogens is 4. The Bertz CT molecular complexity index is 1690. The summed E-state index contributed by atoms with van der Waals surface area (Å²) < 4.78 is 32.0. The zero-order chi connectivity index (χ0) is 29.9. The van der Waals surface area contributed by atoms with E-state index in [4.69, 9.17) is 16.3 Å². The van der Waals surface area contributed by atoms with E-state index in [1.165, 1.54) is 12.3 Å². The number of hydrogen-bond donors (Lipinski definition) is 4. The van der Waals surface area contributed by atoms with Gasteiger partial charge in [0.15, 0.2) is 15.7 Å². The Kier molecular flexibility index (Phi) is 8.83. The van der Waals surface area contributed by atoms with Gasteiger partial charge >= 0.3 is 0 Å². The fourth-order valence-corrected chi connectivity index (χ4v) is 5.31. The van der Waals surface area contributed by atoms with Crippen LogP contribution in [0.15, 0.2) is 53.6 Å². The molecule has 0 saturated heterocycles. The van der Waals surface area contributed by atoms with E-state index in [1.54, 1.807) is 51.2 Å². The third-order valence-corrected chi connectivity index (χ3v) is 8.49. The highest BCUT2D eigenvalue weighted by Gasteiger charge is 2.24. The van der Waals surface area contributed by atoms with Gasteiger partial charge in [0.25, 0.3) is 5.91 Å². The molecule has 2 aromatic carbocycles. The van der Waals surface area contributed by atoms with Crippen LogP contribution < -0.4 is 20.7 Å². The lowest BCUT2D eigenvalue weighted by Gasteiger charge is -2.19. The largest absolute Gasteiger partial charge is 0.489 e. The minimum atomic E-state index is -3.58. The van der Waals surface area contributed by atoms with Gasteiger partial charge in [-0.25, -0.2) is 13.4 Å². The fraction of sp³-hybridized carbons (Fsp3) is 0.286. The Morgan fingerprint density at radius 1 is 1.05 bits per heavy atom. The summed E-state index contributed by atoms with van der Waals surface area (Å²) in [5.74, 6) is 0.478. The SMILES string of the molecule is CNC(=O)c1cc(Nc2ncc(Cl)c(Nc3ccccc3S(=O)(=O)C(C)C)n2)c(OC(C)C)cc1-c1cc(C)n[nH]1. The zero-order valence-corrected chi connectivity index (χ0v) is 25.1. The minimum Gasteiger partial charge on any atom is -0.489 e. The quantitative estimate of drug-likeness (QED) is 0.182. The molecule has 0 atom stereocenters. The molecule has 0 aliphatic rings. The van der Waals surface area contributed by atoms with Gasteiger partial charge in [0.1, 0.15) is 10.8 Å². The van der Waals surface area contributed by atoms with Gasteiger partial charge in [-0.05, 0) is 65.0 Å². The Morgan fingerprint density at radius 2 is 1.78 bits per heavy atom. The molecule has 13 heteroatoms. The lowest BCUT2D eigenvalue weighted by atomic mass is 10.0. The van der Waals surface area contributed by atoms with E-state index in [0.717, 1.165) is 5.69 Å². The number of hydrogen-bond acceptors (Lipinski definition) is 9. The summed E-state index contributed by atoms with van der Waals surface area (Å²) in [7, 11) is -2.03. The van der Waals surface area contributed by atoms with E-state index in [2.05, 4.69) is 36.1 Å². The van der Waals surface area contributed by atoms with Gasteiger partial charge in [0.05, 0.1) is 50.8 Å². The number of para-hydroxylation sites is 1. The first-order valence-corrected chi connectivity index (χ1v) is 14.8. The second-order valence-corrected chi connectivity index (χ2v) is 12.7. The molecule has 1 amide bonds. The Morgan fingerprint density at radius 3 is 2.41 bits per heavy atom. The number of rotatable bonds is 10. The highest BCUT2D eigenvalue weighted by Crippen LogP contribution is 2.37. The van der Waals surface area contributed by atoms with Crippen LogP contribution >= 0.6 is 11.6 Å². The average Bonchev–Trinajstić information content (AvgIpc) is 3.36. The Balaban J connectivity index is 1.77. The molecule has 0 saturated carbocycles. The van der Waals surface area contributed by atoms with Crippen molar-refractivity contribution in [2.45, 2.75) is 50.9 Å². The summed E-state index contributed by atoms with van der Waals surface area (Å²) >= 11 is 6.40. The van der Waals surface area contributed by atoms with E-state index in [1.807, 2.05) is 26.8 Å². The second kappa shape index (κ2) is 12.1. The van der Waals surface area contributed by atoms with Crippen molar-refractivity contribution in [3.8, 4) is 17.0 Å². The molecule has 0 fully saturated rings. The van der Waals surface area contributed by atoms with Crippen molar-refractivity contribution >= 4 is 50.5 Å². The van der Waals surface area contributed by atoms with Gasteiger partial charge in [-0.2, -0.15) is 10.1 Å². The molecule has 0 aliphatic heterocycles. The van der Waals surface area contributed by atoms with Crippen molar-refractivity contribution in [3.05, 3.63) is 64.9 Å². The number of aryl methyl sites for hydroxylation is 1. The molecule has 4 N–H and O–H groups in total. The van der Waals surface area contributed by atoms with Crippen molar-refractivity contribution in [2.24, 2.45) is 0 Å². The van der Waals surface area contributed by atoms with E-state index in [0.29, 0.717) is 33.9 Å². The van der Waals surface area contributed by atoms with Crippen molar-refractivity contribution in [1.29, 1.82) is 0 Å². The van der Waals surface area contributed by atoms with Crippen LogP contribution in [-0.4, -0.2) is 52.9 Å². The number of nitrogens with zero attached hydrogens (tertiary/aromatic N) is 3. The average molecular weight is 598 g/mol. The van der Waals surface area contributed by atoms with Crippen molar-refractivity contribution in [2.75, 3.05) is 17.7 Å². The Labute approximate surface area is 244 Å². The van der Waals surface area contributed by atoms with E-state index in [9.17, 15) is 13.2 Å². The summed E-state index contributed by atoms with van der Waals surface area (Å²) in [5.41, 5.74) is 3.17. The summed E-state index contributed by atoms with van der Waals surface area (Å²) in [4.78, 5) is 21.8. The maximum Gasteiger partial charge on any atom is 0.251 e. The molecule has 4 aromatic rings. The molecular weight excluding hydrogens is 566 g/mol. The van der Waals surface area contributed by atoms with E-state index in [-0.39, 0.29) is 33.7 Å². The smallest absolute Gasteiger partial charge is 0.251 e. The van der Waals surface area contributed by atoms with Crippen LogP contribution in [0.25, 0.3) is 11.3 Å². The van der Waals surface area contributed by atoms with Crippen molar-refractivity contribution in [3.63, 3.8) is 0 Å².